The fourth-order valence-electron chi connectivity index (χ4n) is 2.51. The van der Waals surface area contributed by atoms with Crippen LogP contribution in [0, 0.1) is 0 Å². The second-order valence-electron chi connectivity index (χ2n) is 4.80. The number of hydrogen-bond acceptors (Lipinski definition) is 4. The number of aromatic nitrogens is 2. The summed E-state index contributed by atoms with van der Waals surface area (Å²) in [6.07, 6.45) is 5.44. The molecule has 2 N–H and O–H groups in total. The Hall–Kier alpha value is -1.68. The van der Waals surface area contributed by atoms with Gasteiger partial charge in [-0.15, -0.1) is 0 Å². The average molecular weight is 242 g/mol. The summed E-state index contributed by atoms with van der Waals surface area (Å²) in [5.74, 6) is 0. The molecular formula is C14H18N4. The predicted octanol–water partition coefficient (Wildman–Crippen LogP) is 2.18. The van der Waals surface area contributed by atoms with Crippen LogP contribution in [0.2, 0.25) is 0 Å². The highest BCUT2D eigenvalue weighted by Gasteiger charge is 2.12. The molecule has 1 aliphatic heterocycles. The molecule has 2 heterocycles. The van der Waals surface area contributed by atoms with Gasteiger partial charge in [0.05, 0.1) is 17.4 Å². The summed E-state index contributed by atoms with van der Waals surface area (Å²) in [4.78, 5) is 0. The third kappa shape index (κ3) is 2.43. The summed E-state index contributed by atoms with van der Waals surface area (Å²) in [5.41, 5.74) is 2.06. The molecule has 4 heteroatoms. The van der Waals surface area contributed by atoms with Gasteiger partial charge in [-0.2, -0.15) is 10.2 Å². The van der Waals surface area contributed by atoms with E-state index in [2.05, 4.69) is 26.9 Å². The number of nitrogens with one attached hydrogen (secondary N) is 2. The molecule has 1 saturated heterocycles. The summed E-state index contributed by atoms with van der Waals surface area (Å²) in [7, 11) is 0. The van der Waals surface area contributed by atoms with Crippen molar-refractivity contribution < 1.29 is 0 Å². The number of hydrogen-bond donors (Lipinski definition) is 2. The van der Waals surface area contributed by atoms with E-state index >= 15 is 0 Å². The van der Waals surface area contributed by atoms with Gasteiger partial charge in [0, 0.05) is 11.4 Å². The Balaban J connectivity index is 1.85. The Morgan fingerprint density at radius 2 is 2.11 bits per heavy atom. The van der Waals surface area contributed by atoms with E-state index < -0.39 is 0 Å². The lowest BCUT2D eigenvalue weighted by Gasteiger charge is -2.18. The molecule has 0 bridgehead atoms. The maximum atomic E-state index is 4.15. The summed E-state index contributed by atoms with van der Waals surface area (Å²) in [6.45, 7) is 2.22. The van der Waals surface area contributed by atoms with E-state index in [-0.39, 0.29) is 0 Å². The van der Waals surface area contributed by atoms with E-state index in [9.17, 15) is 0 Å². The second-order valence-corrected chi connectivity index (χ2v) is 4.80. The van der Waals surface area contributed by atoms with Gasteiger partial charge in [0.25, 0.3) is 0 Å². The monoisotopic (exact) mass is 242 g/mol. The van der Waals surface area contributed by atoms with Crippen LogP contribution in [0.15, 0.2) is 30.5 Å². The molecule has 0 aliphatic carbocycles. The normalized spacial score (nSPS) is 20.6. The van der Waals surface area contributed by atoms with Crippen LogP contribution in [0.25, 0.3) is 10.9 Å². The molecular weight excluding hydrogens is 224 g/mol. The first kappa shape index (κ1) is 11.4. The van der Waals surface area contributed by atoms with Crippen molar-refractivity contribution in [1.29, 1.82) is 0 Å². The Bertz CT molecular complexity index is 513. The first-order chi connectivity index (χ1) is 8.93. The standard InChI is InChI=1S/C14H18N4/c1-2-6-13-12(5-1)14(10-16-18-13)17-11-4-3-8-15-9-7-11/h1-2,5-6,10-11,15H,3-4,7-9H2,(H,17,18). The van der Waals surface area contributed by atoms with Gasteiger partial charge in [0.2, 0.25) is 0 Å². The van der Waals surface area contributed by atoms with E-state index in [1.54, 1.807) is 0 Å². The van der Waals surface area contributed by atoms with Crippen LogP contribution in [0.1, 0.15) is 19.3 Å². The van der Waals surface area contributed by atoms with Crippen molar-refractivity contribution in [2.45, 2.75) is 25.3 Å². The second kappa shape index (κ2) is 5.31. The van der Waals surface area contributed by atoms with Gasteiger partial charge in [-0.05, 0) is 38.4 Å². The van der Waals surface area contributed by atoms with Crippen LogP contribution >= 0.6 is 0 Å². The Morgan fingerprint density at radius 1 is 1.17 bits per heavy atom. The van der Waals surface area contributed by atoms with Crippen molar-refractivity contribution >= 4 is 16.6 Å². The minimum atomic E-state index is 0.535. The van der Waals surface area contributed by atoms with E-state index in [0.717, 1.165) is 36.1 Å². The topological polar surface area (TPSA) is 49.8 Å². The zero-order valence-electron chi connectivity index (χ0n) is 10.4. The molecule has 3 rings (SSSR count). The fraction of sp³-hybridized carbons (Fsp3) is 0.429. The molecule has 0 saturated carbocycles. The molecule has 1 aromatic carbocycles. The van der Waals surface area contributed by atoms with Crippen LogP contribution < -0.4 is 10.6 Å². The minimum absolute atomic E-state index is 0.535. The number of anilines is 1. The molecule has 18 heavy (non-hydrogen) atoms. The smallest absolute Gasteiger partial charge is 0.0950 e. The molecule has 0 amide bonds. The van der Waals surface area contributed by atoms with Gasteiger partial charge in [0.1, 0.15) is 0 Å². The fourth-order valence-corrected chi connectivity index (χ4v) is 2.51. The highest BCUT2D eigenvalue weighted by Crippen LogP contribution is 2.22. The van der Waals surface area contributed by atoms with Crippen LogP contribution in [-0.2, 0) is 0 Å². The van der Waals surface area contributed by atoms with Crippen LogP contribution in [-0.4, -0.2) is 29.3 Å². The van der Waals surface area contributed by atoms with Crippen LogP contribution in [0.4, 0.5) is 5.69 Å². The first-order valence-corrected chi connectivity index (χ1v) is 6.61. The first-order valence-electron chi connectivity index (χ1n) is 6.61. The van der Waals surface area contributed by atoms with E-state index in [4.69, 9.17) is 0 Å². The van der Waals surface area contributed by atoms with Gasteiger partial charge in [-0.1, -0.05) is 18.2 Å². The van der Waals surface area contributed by atoms with E-state index in [1.165, 1.54) is 12.8 Å². The highest BCUT2D eigenvalue weighted by molar-refractivity contribution is 5.90. The Morgan fingerprint density at radius 3 is 3.11 bits per heavy atom. The lowest BCUT2D eigenvalue weighted by atomic mass is 10.1. The Labute approximate surface area is 107 Å². The molecule has 1 aliphatic rings. The summed E-state index contributed by atoms with van der Waals surface area (Å²) < 4.78 is 0. The van der Waals surface area contributed by atoms with Gasteiger partial charge in [-0.25, -0.2) is 0 Å². The number of benzene rings is 1. The maximum Gasteiger partial charge on any atom is 0.0950 e. The largest absolute Gasteiger partial charge is 0.380 e. The quantitative estimate of drug-likeness (QED) is 0.847. The molecule has 4 nitrogen and oxygen atoms in total. The van der Waals surface area contributed by atoms with Crippen LogP contribution in [0.3, 0.4) is 0 Å². The van der Waals surface area contributed by atoms with E-state index in [0.29, 0.717) is 6.04 Å². The maximum absolute atomic E-state index is 4.15. The molecule has 1 aromatic heterocycles. The predicted molar refractivity (Wildman–Crippen MR) is 73.7 cm³/mol. The third-order valence-corrected chi connectivity index (χ3v) is 3.48. The molecule has 1 fully saturated rings. The number of fused-ring (bicyclic) bond motifs is 1. The van der Waals surface area contributed by atoms with E-state index in [1.807, 2.05) is 24.4 Å². The SMILES string of the molecule is c1ccc2c(NC3CCCNCC3)cnnc2c1. The highest BCUT2D eigenvalue weighted by atomic mass is 15.1. The average Bonchev–Trinajstić information content (AvgIpc) is 2.68. The zero-order valence-corrected chi connectivity index (χ0v) is 10.4. The number of nitrogens with zero attached hydrogens (tertiary/aromatic N) is 2. The van der Waals surface area contributed by atoms with Gasteiger partial charge in [-0.3, -0.25) is 0 Å². The molecule has 94 valence electrons. The minimum Gasteiger partial charge on any atom is -0.380 e. The van der Waals surface area contributed by atoms with Crippen molar-refractivity contribution in [3.05, 3.63) is 30.5 Å². The third-order valence-electron chi connectivity index (χ3n) is 3.48. The summed E-state index contributed by atoms with van der Waals surface area (Å²) >= 11 is 0. The van der Waals surface area contributed by atoms with Gasteiger partial charge < -0.3 is 10.6 Å². The van der Waals surface area contributed by atoms with Crippen molar-refractivity contribution in [3.8, 4) is 0 Å². The lowest BCUT2D eigenvalue weighted by molar-refractivity contribution is 0.638. The van der Waals surface area contributed by atoms with Gasteiger partial charge in [0.15, 0.2) is 0 Å². The van der Waals surface area contributed by atoms with Gasteiger partial charge >= 0.3 is 0 Å². The molecule has 1 atom stereocenters. The Kier molecular flexibility index (Phi) is 3.37. The van der Waals surface area contributed by atoms with Crippen molar-refractivity contribution in [1.82, 2.24) is 15.5 Å². The summed E-state index contributed by atoms with van der Waals surface area (Å²) in [5, 5.41) is 16.4. The lowest BCUT2D eigenvalue weighted by Crippen LogP contribution is -2.21. The summed E-state index contributed by atoms with van der Waals surface area (Å²) in [6, 6.07) is 8.68. The molecule has 0 spiro atoms. The van der Waals surface area contributed by atoms with Crippen molar-refractivity contribution in [2.24, 2.45) is 0 Å². The van der Waals surface area contributed by atoms with Crippen molar-refractivity contribution in [2.75, 3.05) is 18.4 Å². The van der Waals surface area contributed by atoms with Crippen molar-refractivity contribution in [3.63, 3.8) is 0 Å². The molecule has 0 radical (unpaired) electrons. The molecule has 2 aromatic rings. The molecule has 1 unspecified atom stereocenters. The number of rotatable bonds is 2. The zero-order chi connectivity index (χ0) is 12.2. The van der Waals surface area contributed by atoms with Crippen LogP contribution in [0.5, 0.6) is 0 Å².